The molecule has 3 heteroatoms. The molecule has 0 spiro atoms. The first-order valence-corrected chi connectivity index (χ1v) is 6.09. The van der Waals surface area contributed by atoms with Gasteiger partial charge in [0.15, 0.2) is 0 Å². The third-order valence-corrected chi connectivity index (χ3v) is 3.21. The molecule has 1 aliphatic rings. The van der Waals surface area contributed by atoms with Crippen molar-refractivity contribution in [2.24, 2.45) is 5.92 Å². The van der Waals surface area contributed by atoms with Crippen LogP contribution in [0.4, 0.5) is 5.82 Å². The average molecular weight is 220 g/mol. The molecule has 16 heavy (non-hydrogen) atoms. The van der Waals surface area contributed by atoms with Crippen molar-refractivity contribution in [2.75, 3.05) is 19.0 Å². The Morgan fingerprint density at radius 3 is 3.00 bits per heavy atom. The van der Waals surface area contributed by atoms with Crippen molar-refractivity contribution < 1.29 is 4.74 Å². The third kappa shape index (κ3) is 2.95. The Morgan fingerprint density at radius 2 is 2.25 bits per heavy atom. The van der Waals surface area contributed by atoms with Crippen LogP contribution in [-0.2, 0) is 11.3 Å². The molecule has 0 aromatic carbocycles. The zero-order chi connectivity index (χ0) is 11.2. The summed E-state index contributed by atoms with van der Waals surface area (Å²) in [4.78, 5) is 4.26. The minimum Gasteiger partial charge on any atom is -0.376 e. The molecule has 1 N–H and O–H groups in total. The van der Waals surface area contributed by atoms with Crippen LogP contribution in [0.2, 0.25) is 0 Å². The molecule has 0 unspecified atom stereocenters. The van der Waals surface area contributed by atoms with E-state index in [0.29, 0.717) is 6.61 Å². The molecular formula is C13H20N2O. The highest BCUT2D eigenvalue weighted by molar-refractivity contribution is 5.42. The van der Waals surface area contributed by atoms with E-state index in [-0.39, 0.29) is 0 Å². The smallest absolute Gasteiger partial charge is 0.131 e. The minimum atomic E-state index is 0.667. The van der Waals surface area contributed by atoms with E-state index in [4.69, 9.17) is 4.74 Å². The Bertz CT molecular complexity index is 321. The van der Waals surface area contributed by atoms with Crippen LogP contribution in [0.15, 0.2) is 18.3 Å². The third-order valence-electron chi connectivity index (χ3n) is 3.21. The summed E-state index contributed by atoms with van der Waals surface area (Å²) in [6.45, 7) is 1.57. The van der Waals surface area contributed by atoms with Gasteiger partial charge in [-0.1, -0.05) is 18.9 Å². The fourth-order valence-corrected chi connectivity index (χ4v) is 2.29. The number of nitrogens with one attached hydrogen (secondary N) is 1. The van der Waals surface area contributed by atoms with Crippen LogP contribution in [0.25, 0.3) is 0 Å². The van der Waals surface area contributed by atoms with Crippen LogP contribution in [0, 0.1) is 5.92 Å². The van der Waals surface area contributed by atoms with Gasteiger partial charge in [0.05, 0.1) is 6.61 Å². The Morgan fingerprint density at radius 1 is 1.44 bits per heavy atom. The molecule has 1 aromatic rings. The molecule has 88 valence electrons. The van der Waals surface area contributed by atoms with Crippen LogP contribution in [0.5, 0.6) is 0 Å². The van der Waals surface area contributed by atoms with Crippen LogP contribution < -0.4 is 5.32 Å². The van der Waals surface area contributed by atoms with Gasteiger partial charge in [-0.2, -0.15) is 0 Å². The number of hydrogen-bond acceptors (Lipinski definition) is 3. The molecular weight excluding hydrogens is 200 g/mol. The van der Waals surface area contributed by atoms with Crippen molar-refractivity contribution >= 4 is 5.82 Å². The minimum absolute atomic E-state index is 0.667. The van der Waals surface area contributed by atoms with Gasteiger partial charge in [0.1, 0.15) is 5.82 Å². The van der Waals surface area contributed by atoms with Gasteiger partial charge in [0.25, 0.3) is 0 Å². The number of nitrogens with zero attached hydrogens (tertiary/aromatic N) is 1. The van der Waals surface area contributed by atoms with Crippen LogP contribution in [0.1, 0.15) is 31.2 Å². The summed E-state index contributed by atoms with van der Waals surface area (Å²) in [6.07, 6.45) is 7.23. The van der Waals surface area contributed by atoms with E-state index in [1.807, 2.05) is 13.1 Å². The maximum Gasteiger partial charge on any atom is 0.131 e. The number of rotatable bonds is 5. The lowest BCUT2D eigenvalue weighted by atomic mass is 10.1. The molecule has 1 aliphatic carbocycles. The second-order valence-corrected chi connectivity index (χ2v) is 4.43. The molecule has 0 radical (unpaired) electrons. The SMILES string of the molecule is CNc1ncccc1COCC1CCCC1. The van der Waals surface area contributed by atoms with Gasteiger partial charge in [-0.25, -0.2) is 4.98 Å². The molecule has 1 fully saturated rings. The number of pyridine rings is 1. The molecule has 1 heterocycles. The van der Waals surface area contributed by atoms with Crippen molar-refractivity contribution in [3.63, 3.8) is 0 Å². The molecule has 3 nitrogen and oxygen atoms in total. The second-order valence-electron chi connectivity index (χ2n) is 4.43. The molecule has 0 saturated heterocycles. The van der Waals surface area contributed by atoms with E-state index in [2.05, 4.69) is 16.4 Å². The largest absolute Gasteiger partial charge is 0.376 e. The van der Waals surface area contributed by atoms with Crippen molar-refractivity contribution in [2.45, 2.75) is 32.3 Å². The van der Waals surface area contributed by atoms with E-state index in [1.165, 1.54) is 25.7 Å². The number of hydrogen-bond donors (Lipinski definition) is 1. The summed E-state index contributed by atoms with van der Waals surface area (Å²) in [7, 11) is 1.89. The predicted octanol–water partition coefficient (Wildman–Crippen LogP) is 2.83. The van der Waals surface area contributed by atoms with Crippen molar-refractivity contribution in [1.29, 1.82) is 0 Å². The van der Waals surface area contributed by atoms with Gasteiger partial charge in [-0.3, -0.25) is 0 Å². The van der Waals surface area contributed by atoms with Gasteiger partial charge < -0.3 is 10.1 Å². The lowest BCUT2D eigenvalue weighted by Gasteiger charge is -2.11. The predicted molar refractivity (Wildman–Crippen MR) is 65.4 cm³/mol. The van der Waals surface area contributed by atoms with E-state index < -0.39 is 0 Å². The summed E-state index contributed by atoms with van der Waals surface area (Å²) < 4.78 is 5.77. The summed E-state index contributed by atoms with van der Waals surface area (Å²) in [5, 5.41) is 3.08. The maximum absolute atomic E-state index is 5.77. The van der Waals surface area contributed by atoms with E-state index in [1.54, 1.807) is 6.20 Å². The van der Waals surface area contributed by atoms with Gasteiger partial charge in [0.2, 0.25) is 0 Å². The van der Waals surface area contributed by atoms with Gasteiger partial charge in [-0.05, 0) is 24.8 Å². The van der Waals surface area contributed by atoms with Crippen LogP contribution in [-0.4, -0.2) is 18.6 Å². The van der Waals surface area contributed by atoms with Crippen LogP contribution in [0.3, 0.4) is 0 Å². The van der Waals surface area contributed by atoms with Gasteiger partial charge in [-0.15, -0.1) is 0 Å². The number of aromatic nitrogens is 1. The number of ether oxygens (including phenoxy) is 1. The zero-order valence-corrected chi connectivity index (χ0v) is 9.91. The highest BCUT2D eigenvalue weighted by Crippen LogP contribution is 2.25. The van der Waals surface area contributed by atoms with Crippen molar-refractivity contribution in [3.05, 3.63) is 23.9 Å². The molecule has 1 aromatic heterocycles. The topological polar surface area (TPSA) is 34.2 Å². The molecule has 0 amide bonds. The van der Waals surface area contributed by atoms with E-state index in [9.17, 15) is 0 Å². The quantitative estimate of drug-likeness (QED) is 0.828. The standard InChI is InChI=1S/C13H20N2O/c1-14-13-12(7-4-8-15-13)10-16-9-11-5-2-3-6-11/h4,7-8,11H,2-3,5-6,9-10H2,1H3,(H,14,15). The first kappa shape index (κ1) is 11.4. The fourth-order valence-electron chi connectivity index (χ4n) is 2.29. The molecule has 0 aliphatic heterocycles. The maximum atomic E-state index is 5.77. The van der Waals surface area contributed by atoms with Crippen LogP contribution >= 0.6 is 0 Å². The highest BCUT2D eigenvalue weighted by atomic mass is 16.5. The van der Waals surface area contributed by atoms with Gasteiger partial charge >= 0.3 is 0 Å². The first-order chi connectivity index (χ1) is 7.90. The summed E-state index contributed by atoms with van der Waals surface area (Å²) in [5.41, 5.74) is 1.14. The fraction of sp³-hybridized carbons (Fsp3) is 0.615. The highest BCUT2D eigenvalue weighted by Gasteiger charge is 2.14. The summed E-state index contributed by atoms with van der Waals surface area (Å²) in [5.74, 6) is 1.71. The molecule has 1 saturated carbocycles. The lowest BCUT2D eigenvalue weighted by Crippen LogP contribution is -2.07. The van der Waals surface area contributed by atoms with Gasteiger partial charge in [0, 0.05) is 25.4 Å². The van der Waals surface area contributed by atoms with Crippen molar-refractivity contribution in [3.8, 4) is 0 Å². The Labute approximate surface area is 97.2 Å². The zero-order valence-electron chi connectivity index (χ0n) is 9.91. The summed E-state index contributed by atoms with van der Waals surface area (Å²) >= 11 is 0. The first-order valence-electron chi connectivity index (χ1n) is 6.09. The van der Waals surface area contributed by atoms with Crippen molar-refractivity contribution in [1.82, 2.24) is 4.98 Å². The monoisotopic (exact) mass is 220 g/mol. The second kappa shape index (κ2) is 5.85. The Balaban J connectivity index is 1.79. The summed E-state index contributed by atoms with van der Waals surface area (Å²) in [6, 6.07) is 4.02. The molecule has 0 atom stereocenters. The number of anilines is 1. The molecule has 2 rings (SSSR count). The van der Waals surface area contributed by atoms with E-state index >= 15 is 0 Å². The van der Waals surface area contributed by atoms with E-state index in [0.717, 1.165) is 23.9 Å². The average Bonchev–Trinajstić information content (AvgIpc) is 2.83. The lowest BCUT2D eigenvalue weighted by molar-refractivity contribution is 0.0890. The Hall–Kier alpha value is -1.09. The Kier molecular flexibility index (Phi) is 4.17. The normalized spacial score (nSPS) is 16.6. The molecule has 0 bridgehead atoms.